The Labute approximate surface area is 172 Å². The molecule has 1 aromatic heterocycles. The molecule has 2 heterocycles. The normalized spacial score (nSPS) is 12.8. The number of benzene rings is 2. The number of halogens is 1. The van der Waals surface area contributed by atoms with Gasteiger partial charge in [0.2, 0.25) is 5.91 Å². The van der Waals surface area contributed by atoms with Crippen molar-refractivity contribution in [1.82, 2.24) is 9.55 Å². The number of para-hydroxylation sites is 1. The second-order valence-corrected chi connectivity index (χ2v) is 8.01. The lowest BCUT2D eigenvalue weighted by Crippen LogP contribution is -2.06. The number of aryl methyl sites for hydroxylation is 1. The van der Waals surface area contributed by atoms with Gasteiger partial charge in [0.1, 0.15) is 0 Å². The molecule has 28 heavy (non-hydrogen) atoms. The zero-order valence-electron chi connectivity index (χ0n) is 15.5. The minimum Gasteiger partial charge on any atom is -0.325 e. The monoisotopic (exact) mass is 411 g/mol. The Morgan fingerprint density at radius 3 is 2.75 bits per heavy atom. The van der Waals surface area contributed by atoms with E-state index in [1.54, 1.807) is 12.1 Å². The molecule has 0 aliphatic carbocycles. The SMILES string of the molecule is Cc1nc(SCC(=O)c2cc3c(cc2Cl)NC(=O)C3)n(-c2ccccc2)c1C. The number of hydrogen-bond acceptors (Lipinski definition) is 4. The van der Waals surface area contributed by atoms with Crippen molar-refractivity contribution >= 4 is 40.7 Å². The summed E-state index contributed by atoms with van der Waals surface area (Å²) in [5.41, 5.74) is 4.91. The van der Waals surface area contributed by atoms with Gasteiger partial charge in [0.05, 0.1) is 22.9 Å². The van der Waals surface area contributed by atoms with Gasteiger partial charge in [-0.15, -0.1) is 0 Å². The highest BCUT2D eigenvalue weighted by molar-refractivity contribution is 7.99. The number of ketones is 1. The molecular weight excluding hydrogens is 394 g/mol. The molecule has 1 aliphatic heterocycles. The van der Waals surface area contributed by atoms with Crippen LogP contribution >= 0.6 is 23.4 Å². The summed E-state index contributed by atoms with van der Waals surface area (Å²) in [6, 6.07) is 13.3. The van der Waals surface area contributed by atoms with Crippen molar-refractivity contribution < 1.29 is 9.59 Å². The van der Waals surface area contributed by atoms with Crippen LogP contribution < -0.4 is 5.32 Å². The number of aromatic nitrogens is 2. The summed E-state index contributed by atoms with van der Waals surface area (Å²) in [5, 5.41) is 3.86. The molecule has 0 saturated heterocycles. The topological polar surface area (TPSA) is 64.0 Å². The lowest BCUT2D eigenvalue weighted by molar-refractivity contribution is -0.115. The summed E-state index contributed by atoms with van der Waals surface area (Å²) < 4.78 is 2.06. The average molecular weight is 412 g/mol. The number of thioether (sulfide) groups is 1. The largest absolute Gasteiger partial charge is 0.325 e. The van der Waals surface area contributed by atoms with Crippen LogP contribution in [0.25, 0.3) is 5.69 Å². The van der Waals surface area contributed by atoms with Crippen LogP contribution in [0.3, 0.4) is 0 Å². The lowest BCUT2D eigenvalue weighted by atomic mass is 10.1. The maximum Gasteiger partial charge on any atom is 0.228 e. The van der Waals surface area contributed by atoms with Crippen molar-refractivity contribution in [3.8, 4) is 5.69 Å². The summed E-state index contributed by atoms with van der Waals surface area (Å²) in [5.74, 6) is 0.0405. The van der Waals surface area contributed by atoms with E-state index in [0.29, 0.717) is 16.3 Å². The number of carbonyl (C=O) groups is 2. The van der Waals surface area contributed by atoms with E-state index in [4.69, 9.17) is 11.6 Å². The molecule has 0 fully saturated rings. The Hall–Kier alpha value is -2.57. The molecule has 0 radical (unpaired) electrons. The van der Waals surface area contributed by atoms with Gasteiger partial charge < -0.3 is 5.32 Å². The first kappa shape index (κ1) is 18.8. The van der Waals surface area contributed by atoms with Crippen LogP contribution in [0.5, 0.6) is 0 Å². The van der Waals surface area contributed by atoms with Crippen LogP contribution in [0.4, 0.5) is 5.69 Å². The van der Waals surface area contributed by atoms with Crippen molar-refractivity contribution in [2.45, 2.75) is 25.4 Å². The summed E-state index contributed by atoms with van der Waals surface area (Å²) in [7, 11) is 0. The molecule has 0 bridgehead atoms. The highest BCUT2D eigenvalue weighted by Gasteiger charge is 2.22. The van der Waals surface area contributed by atoms with Gasteiger partial charge in [-0.3, -0.25) is 14.2 Å². The van der Waals surface area contributed by atoms with Crippen LogP contribution in [0.2, 0.25) is 5.02 Å². The molecule has 1 N–H and O–H groups in total. The Bertz CT molecular complexity index is 1090. The maximum atomic E-state index is 12.8. The number of hydrogen-bond donors (Lipinski definition) is 1. The van der Waals surface area contributed by atoms with Crippen molar-refractivity contribution in [3.05, 3.63) is 70.0 Å². The lowest BCUT2D eigenvalue weighted by Gasteiger charge is -2.10. The number of amides is 1. The van der Waals surface area contributed by atoms with Gasteiger partial charge in [0.25, 0.3) is 0 Å². The minimum atomic E-state index is -0.0879. The summed E-state index contributed by atoms with van der Waals surface area (Å²) >= 11 is 7.67. The first-order valence-electron chi connectivity index (χ1n) is 8.83. The number of rotatable bonds is 5. The summed E-state index contributed by atoms with van der Waals surface area (Å²) in [6.45, 7) is 3.98. The molecular formula is C21H18ClN3O2S. The van der Waals surface area contributed by atoms with Crippen LogP contribution in [0.1, 0.15) is 27.3 Å². The minimum absolute atomic E-state index is 0.0825. The predicted octanol–water partition coefficient (Wildman–Crippen LogP) is 4.61. The maximum absolute atomic E-state index is 12.8. The quantitative estimate of drug-likeness (QED) is 0.491. The van der Waals surface area contributed by atoms with Crippen LogP contribution in [0, 0.1) is 13.8 Å². The molecule has 1 amide bonds. The predicted molar refractivity (Wildman–Crippen MR) is 112 cm³/mol. The second kappa shape index (κ2) is 7.45. The van der Waals surface area contributed by atoms with E-state index >= 15 is 0 Å². The first-order valence-corrected chi connectivity index (χ1v) is 10.2. The van der Waals surface area contributed by atoms with Crippen LogP contribution in [-0.2, 0) is 11.2 Å². The molecule has 7 heteroatoms. The van der Waals surface area contributed by atoms with E-state index in [1.165, 1.54) is 11.8 Å². The molecule has 3 aromatic rings. The third-order valence-corrected chi connectivity index (χ3v) is 6.03. The summed E-state index contributed by atoms with van der Waals surface area (Å²) in [4.78, 5) is 29.0. The molecule has 4 rings (SSSR count). The zero-order chi connectivity index (χ0) is 19.8. The molecule has 0 spiro atoms. The number of nitrogens with zero attached hydrogens (tertiary/aromatic N) is 2. The van der Waals surface area contributed by atoms with E-state index in [1.807, 2.05) is 44.2 Å². The van der Waals surface area contributed by atoms with Gasteiger partial charge >= 0.3 is 0 Å². The average Bonchev–Trinajstić information content (AvgIpc) is 3.17. The molecule has 0 saturated carbocycles. The van der Waals surface area contributed by atoms with Crippen molar-refractivity contribution in [1.29, 1.82) is 0 Å². The molecule has 142 valence electrons. The van der Waals surface area contributed by atoms with E-state index in [9.17, 15) is 9.59 Å². The molecule has 0 atom stereocenters. The van der Waals surface area contributed by atoms with Gasteiger partial charge in [-0.2, -0.15) is 0 Å². The fourth-order valence-electron chi connectivity index (χ4n) is 3.23. The number of Topliss-reactive ketones (excluding diaryl/α,β-unsaturated/α-hetero) is 1. The van der Waals surface area contributed by atoms with E-state index in [0.717, 1.165) is 27.8 Å². The second-order valence-electron chi connectivity index (χ2n) is 6.66. The van der Waals surface area contributed by atoms with Crippen molar-refractivity contribution in [2.24, 2.45) is 0 Å². The smallest absolute Gasteiger partial charge is 0.228 e. The number of fused-ring (bicyclic) bond motifs is 1. The number of imidazole rings is 1. The fourth-order valence-corrected chi connectivity index (χ4v) is 4.48. The van der Waals surface area contributed by atoms with Gasteiger partial charge in [0.15, 0.2) is 10.9 Å². The number of carbonyl (C=O) groups excluding carboxylic acids is 2. The molecule has 1 aliphatic rings. The Morgan fingerprint density at radius 1 is 1.25 bits per heavy atom. The highest BCUT2D eigenvalue weighted by atomic mass is 35.5. The third-order valence-electron chi connectivity index (χ3n) is 4.78. The Morgan fingerprint density at radius 2 is 2.00 bits per heavy atom. The van der Waals surface area contributed by atoms with Crippen molar-refractivity contribution in [3.63, 3.8) is 0 Å². The van der Waals surface area contributed by atoms with E-state index in [2.05, 4.69) is 14.9 Å². The van der Waals surface area contributed by atoms with E-state index in [-0.39, 0.29) is 23.9 Å². The van der Waals surface area contributed by atoms with Gasteiger partial charge in [-0.05, 0) is 43.7 Å². The van der Waals surface area contributed by atoms with Gasteiger partial charge in [0, 0.05) is 22.6 Å². The Kier molecular flexibility index (Phi) is 5.00. The summed E-state index contributed by atoms with van der Waals surface area (Å²) in [6.07, 6.45) is 0.275. The van der Waals surface area contributed by atoms with Crippen molar-refractivity contribution in [2.75, 3.05) is 11.1 Å². The fraction of sp³-hybridized carbons (Fsp3) is 0.190. The molecule has 2 aromatic carbocycles. The molecule has 5 nitrogen and oxygen atoms in total. The standard InChI is InChI=1S/C21H18ClN3O2S/c1-12-13(2)25(15-6-4-3-5-7-15)21(23-12)28-11-19(26)16-8-14-9-20(27)24-18(14)10-17(16)22/h3-8,10H,9,11H2,1-2H3,(H,24,27). The van der Waals surface area contributed by atoms with Gasteiger partial charge in [-0.25, -0.2) is 4.98 Å². The third kappa shape index (κ3) is 3.45. The van der Waals surface area contributed by atoms with Gasteiger partial charge in [-0.1, -0.05) is 41.6 Å². The number of nitrogens with one attached hydrogen (secondary N) is 1. The van der Waals surface area contributed by atoms with E-state index < -0.39 is 0 Å². The Balaban J connectivity index is 1.58. The first-order chi connectivity index (χ1) is 13.4. The zero-order valence-corrected chi connectivity index (χ0v) is 17.0. The van der Waals surface area contributed by atoms with Crippen LogP contribution in [0.15, 0.2) is 47.6 Å². The number of anilines is 1. The molecule has 0 unspecified atom stereocenters. The van der Waals surface area contributed by atoms with Crippen LogP contribution in [-0.4, -0.2) is 27.0 Å². The highest BCUT2D eigenvalue weighted by Crippen LogP contribution is 2.32.